The van der Waals surface area contributed by atoms with Crippen LogP contribution in [0.3, 0.4) is 0 Å². The van der Waals surface area contributed by atoms with Crippen molar-refractivity contribution in [1.82, 2.24) is 14.3 Å². The number of hydrogen-bond acceptors (Lipinski definition) is 4. The maximum Gasteiger partial charge on any atom is 0.346 e. The van der Waals surface area contributed by atoms with Crippen LogP contribution in [-0.4, -0.2) is 21.5 Å². The van der Waals surface area contributed by atoms with Crippen LogP contribution < -0.4 is 16.2 Å². The Balaban J connectivity index is 1.97. The fourth-order valence-corrected chi connectivity index (χ4v) is 2.80. The van der Waals surface area contributed by atoms with Crippen LogP contribution in [0.5, 0.6) is 5.75 Å². The zero-order valence-electron chi connectivity index (χ0n) is 12.2. The molecule has 2 aromatic rings. The fourth-order valence-electron chi connectivity index (χ4n) is 2.80. The number of nitrogens with zero attached hydrogens (tertiary/aromatic N) is 3. The highest BCUT2D eigenvalue weighted by molar-refractivity contribution is 5.37. The molecule has 6 heteroatoms. The highest BCUT2D eigenvalue weighted by Crippen LogP contribution is 2.20. The average molecular weight is 288 g/mol. The predicted octanol–water partition coefficient (Wildman–Crippen LogP) is 0.897. The first-order valence-corrected chi connectivity index (χ1v) is 7.25. The van der Waals surface area contributed by atoms with Gasteiger partial charge in [0.2, 0.25) is 0 Å². The van der Waals surface area contributed by atoms with Gasteiger partial charge in [-0.3, -0.25) is 4.57 Å². The van der Waals surface area contributed by atoms with E-state index < -0.39 is 0 Å². The van der Waals surface area contributed by atoms with Crippen LogP contribution in [0.1, 0.15) is 29.8 Å². The van der Waals surface area contributed by atoms with Crippen molar-refractivity contribution in [3.05, 3.63) is 45.6 Å². The Morgan fingerprint density at radius 2 is 2.24 bits per heavy atom. The molecule has 0 fully saturated rings. The van der Waals surface area contributed by atoms with Gasteiger partial charge in [-0.15, -0.1) is 0 Å². The molecule has 0 spiro atoms. The molecule has 0 unspecified atom stereocenters. The van der Waals surface area contributed by atoms with E-state index in [2.05, 4.69) is 5.10 Å². The molecule has 112 valence electrons. The van der Waals surface area contributed by atoms with Crippen molar-refractivity contribution in [3.63, 3.8) is 0 Å². The summed E-state index contributed by atoms with van der Waals surface area (Å²) in [4.78, 5) is 12.4. The zero-order valence-corrected chi connectivity index (χ0v) is 12.2. The van der Waals surface area contributed by atoms with Crippen LogP contribution in [0.15, 0.2) is 23.0 Å². The molecule has 0 amide bonds. The smallest absolute Gasteiger partial charge is 0.346 e. The van der Waals surface area contributed by atoms with Crippen molar-refractivity contribution in [1.29, 1.82) is 0 Å². The second kappa shape index (κ2) is 5.73. The Morgan fingerprint density at radius 3 is 2.95 bits per heavy atom. The number of ether oxygens (including phenoxy) is 1. The molecule has 6 nitrogen and oxygen atoms in total. The lowest BCUT2D eigenvalue weighted by atomic mass is 10.1. The van der Waals surface area contributed by atoms with Gasteiger partial charge in [0.1, 0.15) is 11.6 Å². The largest absolute Gasteiger partial charge is 0.496 e. The highest BCUT2D eigenvalue weighted by atomic mass is 16.5. The molecule has 0 radical (unpaired) electrons. The second-order valence-electron chi connectivity index (χ2n) is 5.32. The SMILES string of the molecule is COc1ccc(CN)cc1Cn1nc2n(c1=O)CCCC2. The van der Waals surface area contributed by atoms with E-state index in [0.717, 1.165) is 48.5 Å². The molecule has 1 aromatic carbocycles. The van der Waals surface area contributed by atoms with Gasteiger partial charge in [-0.1, -0.05) is 6.07 Å². The lowest BCUT2D eigenvalue weighted by molar-refractivity contribution is 0.406. The van der Waals surface area contributed by atoms with Crippen molar-refractivity contribution in [2.75, 3.05) is 7.11 Å². The quantitative estimate of drug-likeness (QED) is 0.907. The van der Waals surface area contributed by atoms with Gasteiger partial charge in [0, 0.05) is 25.1 Å². The molecule has 21 heavy (non-hydrogen) atoms. The van der Waals surface area contributed by atoms with Gasteiger partial charge in [-0.05, 0) is 30.5 Å². The van der Waals surface area contributed by atoms with E-state index in [1.54, 1.807) is 11.7 Å². The molecule has 0 saturated carbocycles. The standard InChI is InChI=1S/C15H20N4O2/c1-21-13-6-5-11(9-16)8-12(13)10-19-15(20)18-7-3-2-4-14(18)17-19/h5-6,8H,2-4,7,9-10,16H2,1H3. The maximum absolute atomic E-state index is 12.4. The number of aryl methyl sites for hydroxylation is 1. The van der Waals surface area contributed by atoms with E-state index in [4.69, 9.17) is 10.5 Å². The molecule has 0 bridgehead atoms. The van der Waals surface area contributed by atoms with E-state index in [9.17, 15) is 4.79 Å². The topological polar surface area (TPSA) is 75.1 Å². The van der Waals surface area contributed by atoms with E-state index in [1.165, 1.54) is 4.68 Å². The van der Waals surface area contributed by atoms with Crippen LogP contribution in [0.25, 0.3) is 0 Å². The first kappa shape index (κ1) is 13.9. The molecule has 0 atom stereocenters. The lowest BCUT2D eigenvalue weighted by Gasteiger charge is -2.10. The first-order chi connectivity index (χ1) is 10.2. The summed E-state index contributed by atoms with van der Waals surface area (Å²) in [5.41, 5.74) is 7.59. The molecule has 0 aliphatic carbocycles. The van der Waals surface area contributed by atoms with Crippen LogP contribution in [0.2, 0.25) is 0 Å². The molecular formula is C15H20N4O2. The van der Waals surface area contributed by atoms with E-state index in [-0.39, 0.29) is 5.69 Å². The van der Waals surface area contributed by atoms with E-state index in [1.807, 2.05) is 18.2 Å². The normalized spacial score (nSPS) is 14.0. The Morgan fingerprint density at radius 1 is 1.38 bits per heavy atom. The van der Waals surface area contributed by atoms with Crippen molar-refractivity contribution < 1.29 is 4.74 Å². The Bertz CT molecular complexity index is 702. The van der Waals surface area contributed by atoms with Crippen LogP contribution in [-0.2, 0) is 26.1 Å². The first-order valence-electron chi connectivity index (χ1n) is 7.25. The van der Waals surface area contributed by atoms with Gasteiger partial charge >= 0.3 is 5.69 Å². The van der Waals surface area contributed by atoms with Gasteiger partial charge in [0.05, 0.1) is 13.7 Å². The van der Waals surface area contributed by atoms with Crippen LogP contribution in [0, 0.1) is 0 Å². The summed E-state index contributed by atoms with van der Waals surface area (Å²) in [6.45, 7) is 1.65. The Labute approximate surface area is 123 Å². The zero-order chi connectivity index (χ0) is 14.8. The summed E-state index contributed by atoms with van der Waals surface area (Å²) < 4.78 is 8.68. The predicted molar refractivity (Wildman–Crippen MR) is 79.4 cm³/mol. The van der Waals surface area contributed by atoms with Gasteiger partial charge in [0.25, 0.3) is 0 Å². The van der Waals surface area contributed by atoms with Crippen molar-refractivity contribution in [2.24, 2.45) is 5.73 Å². The Kier molecular flexibility index (Phi) is 3.79. The summed E-state index contributed by atoms with van der Waals surface area (Å²) in [6, 6.07) is 5.80. The lowest BCUT2D eigenvalue weighted by Crippen LogP contribution is -2.27. The third kappa shape index (κ3) is 2.58. The van der Waals surface area contributed by atoms with Crippen molar-refractivity contribution in [2.45, 2.75) is 38.9 Å². The number of rotatable bonds is 4. The van der Waals surface area contributed by atoms with Crippen LogP contribution in [0.4, 0.5) is 0 Å². The van der Waals surface area contributed by atoms with Crippen molar-refractivity contribution >= 4 is 0 Å². The number of aromatic nitrogens is 3. The van der Waals surface area contributed by atoms with Crippen molar-refractivity contribution in [3.8, 4) is 5.75 Å². The molecule has 1 aliphatic rings. The fraction of sp³-hybridized carbons (Fsp3) is 0.467. The van der Waals surface area contributed by atoms with E-state index in [0.29, 0.717) is 13.1 Å². The molecule has 3 rings (SSSR count). The minimum absolute atomic E-state index is 0.0371. The Hall–Kier alpha value is -2.08. The number of fused-ring (bicyclic) bond motifs is 1. The maximum atomic E-state index is 12.4. The summed E-state index contributed by atoms with van der Waals surface area (Å²) in [5, 5.41) is 4.46. The summed E-state index contributed by atoms with van der Waals surface area (Å²) in [7, 11) is 1.63. The molecule has 1 aliphatic heterocycles. The van der Waals surface area contributed by atoms with Gasteiger partial charge in [-0.2, -0.15) is 5.10 Å². The number of nitrogens with two attached hydrogens (primary N) is 1. The summed E-state index contributed by atoms with van der Waals surface area (Å²) in [5.74, 6) is 1.64. The minimum atomic E-state index is -0.0371. The molecule has 2 N–H and O–H groups in total. The van der Waals surface area contributed by atoms with Gasteiger partial charge in [0.15, 0.2) is 0 Å². The molecule has 2 heterocycles. The summed E-state index contributed by atoms with van der Waals surface area (Å²) >= 11 is 0. The minimum Gasteiger partial charge on any atom is -0.496 e. The number of benzene rings is 1. The molecule has 0 saturated heterocycles. The third-order valence-corrected chi connectivity index (χ3v) is 3.93. The summed E-state index contributed by atoms with van der Waals surface area (Å²) in [6.07, 6.45) is 3.02. The van der Waals surface area contributed by atoms with E-state index >= 15 is 0 Å². The van der Waals surface area contributed by atoms with Gasteiger partial charge < -0.3 is 10.5 Å². The monoisotopic (exact) mass is 288 g/mol. The van der Waals surface area contributed by atoms with Gasteiger partial charge in [-0.25, -0.2) is 9.48 Å². The third-order valence-electron chi connectivity index (χ3n) is 3.93. The van der Waals surface area contributed by atoms with Crippen LogP contribution >= 0.6 is 0 Å². The molecule has 1 aromatic heterocycles. The average Bonchev–Trinajstić information content (AvgIpc) is 2.84. The highest BCUT2D eigenvalue weighted by Gasteiger charge is 2.17. The molecular weight excluding hydrogens is 268 g/mol. The second-order valence-corrected chi connectivity index (χ2v) is 5.32. The number of hydrogen-bond donors (Lipinski definition) is 1. The number of methoxy groups -OCH3 is 1.